The van der Waals surface area contributed by atoms with Crippen molar-refractivity contribution >= 4 is 0 Å². The summed E-state index contributed by atoms with van der Waals surface area (Å²) in [7, 11) is 1.73. The second-order valence-corrected chi connectivity index (χ2v) is 8.37. The molecule has 4 aliphatic rings. The number of hydrogen-bond donors (Lipinski definition) is 6. The van der Waals surface area contributed by atoms with Crippen LogP contribution in [0.2, 0.25) is 1.41 Å². The van der Waals surface area contributed by atoms with Crippen molar-refractivity contribution in [3.05, 3.63) is 11.6 Å². The molecule has 154 valence electrons. The molecule has 1 aliphatic carbocycles. The lowest BCUT2D eigenvalue weighted by molar-refractivity contribution is 0.0143. The van der Waals surface area contributed by atoms with Crippen molar-refractivity contribution in [3.8, 4) is 0 Å². The minimum atomic E-state index is -1.23. The maximum atomic E-state index is 14.4. The van der Waals surface area contributed by atoms with Crippen molar-refractivity contribution in [2.75, 3.05) is 26.7 Å². The second kappa shape index (κ2) is 8.82. The van der Waals surface area contributed by atoms with E-state index in [1.165, 1.54) is 6.42 Å². The van der Waals surface area contributed by atoms with Gasteiger partial charge >= 0.3 is 0 Å². The first-order valence-electron chi connectivity index (χ1n) is 11.0. The van der Waals surface area contributed by atoms with Crippen molar-refractivity contribution in [2.45, 2.75) is 69.0 Å². The van der Waals surface area contributed by atoms with E-state index >= 15 is 0 Å². The number of hydrogen-bond acceptors (Lipinski definition) is 7. The highest BCUT2D eigenvalue weighted by Crippen LogP contribution is 2.42. The standard InChI is InChI=1S/C19H35FN6O/c1-22-18-15(20)17(21)25-19(26-18)24-13-9-12-5-8-27-16(12)14(10-13)11-3-2-6-23-7-4-11/h4,12-19,22-26H,2-3,5-10,21H2,1H3/i/hD. The summed E-state index contributed by atoms with van der Waals surface area (Å²) < 4.78 is 27.9. The molecule has 2 saturated heterocycles. The third-order valence-electron chi connectivity index (χ3n) is 6.63. The molecule has 0 bridgehead atoms. The van der Waals surface area contributed by atoms with Crippen molar-refractivity contribution in [3.63, 3.8) is 0 Å². The molecule has 3 fully saturated rings. The summed E-state index contributed by atoms with van der Waals surface area (Å²) in [5.74, 6) is 1.04. The van der Waals surface area contributed by atoms with Crippen molar-refractivity contribution < 1.29 is 10.5 Å². The van der Waals surface area contributed by atoms with E-state index in [9.17, 15) is 4.39 Å². The minimum absolute atomic E-state index is 0.249. The molecule has 8 unspecified atom stereocenters. The molecule has 0 spiro atoms. The minimum Gasteiger partial charge on any atom is -0.377 e. The number of alkyl halides is 1. The molecule has 3 heterocycles. The van der Waals surface area contributed by atoms with Gasteiger partial charge in [-0.2, -0.15) is 0 Å². The normalized spacial score (nSPS) is 46.3. The zero-order chi connectivity index (χ0) is 19.5. The lowest BCUT2D eigenvalue weighted by Gasteiger charge is -2.44. The molecule has 8 atom stereocenters. The number of nitrogens with two attached hydrogens (primary N) is 1. The maximum absolute atomic E-state index is 14.4. The van der Waals surface area contributed by atoms with Gasteiger partial charge in [-0.15, -0.1) is 0 Å². The Hall–Kier alpha value is -0.610. The summed E-state index contributed by atoms with van der Waals surface area (Å²) in [6, 6.07) is 0.329. The summed E-state index contributed by atoms with van der Waals surface area (Å²) in [5, 5.41) is 16.5. The summed E-state index contributed by atoms with van der Waals surface area (Å²) in [6.45, 7) is 2.89. The van der Waals surface area contributed by atoms with Crippen LogP contribution in [0.25, 0.3) is 0 Å². The van der Waals surface area contributed by atoms with Crippen LogP contribution in [0.15, 0.2) is 11.6 Å². The van der Waals surface area contributed by atoms with E-state index in [-0.39, 0.29) is 6.29 Å². The van der Waals surface area contributed by atoms with Gasteiger partial charge in [0, 0.05) is 25.1 Å². The predicted molar refractivity (Wildman–Crippen MR) is 103 cm³/mol. The van der Waals surface area contributed by atoms with Crippen LogP contribution in [0.4, 0.5) is 4.39 Å². The van der Waals surface area contributed by atoms with E-state index in [0.29, 0.717) is 24.0 Å². The van der Waals surface area contributed by atoms with E-state index in [4.69, 9.17) is 6.15 Å². The average Bonchev–Trinajstić information content (AvgIpc) is 3.01. The average molecular weight is 384 g/mol. The Kier molecular flexibility index (Phi) is 6.01. The van der Waals surface area contributed by atoms with Crippen LogP contribution < -0.4 is 32.3 Å². The molecule has 4 rings (SSSR count). The molecule has 0 aromatic carbocycles. The van der Waals surface area contributed by atoms with Crippen LogP contribution in [0, 0.1) is 11.8 Å². The number of ether oxygens (including phenoxy) is 1. The molecule has 8 heteroatoms. The Morgan fingerprint density at radius 2 is 2.30 bits per heavy atom. The molecule has 7 N–H and O–H groups in total. The predicted octanol–water partition coefficient (Wildman–Crippen LogP) is -0.286. The lowest BCUT2D eigenvalue weighted by atomic mass is 9.72. The molecule has 0 aromatic heterocycles. The molecule has 3 aliphatic heterocycles. The van der Waals surface area contributed by atoms with Crippen LogP contribution in [0.5, 0.6) is 0 Å². The molecule has 0 radical (unpaired) electrons. The zero-order valence-electron chi connectivity index (χ0n) is 17.1. The first kappa shape index (κ1) is 18.4. The van der Waals surface area contributed by atoms with Gasteiger partial charge in [-0.1, -0.05) is 11.6 Å². The van der Waals surface area contributed by atoms with Gasteiger partial charge < -0.3 is 21.1 Å². The van der Waals surface area contributed by atoms with Crippen LogP contribution in [0.3, 0.4) is 0 Å². The molecular formula is C19H35FN6O. The first-order chi connectivity index (χ1) is 13.7. The van der Waals surface area contributed by atoms with E-state index in [1.807, 2.05) is 0 Å². The van der Waals surface area contributed by atoms with Gasteiger partial charge in [0.25, 0.3) is 0 Å². The summed E-state index contributed by atoms with van der Waals surface area (Å²) in [6.07, 6.45) is 5.60. The fraction of sp³-hybridized carbons (Fsp3) is 0.895. The van der Waals surface area contributed by atoms with E-state index in [1.54, 1.807) is 12.6 Å². The Labute approximate surface area is 162 Å². The van der Waals surface area contributed by atoms with Gasteiger partial charge in [-0.05, 0) is 51.6 Å². The highest BCUT2D eigenvalue weighted by molar-refractivity contribution is 5.15. The van der Waals surface area contributed by atoms with E-state index in [0.717, 1.165) is 45.4 Å². The van der Waals surface area contributed by atoms with Gasteiger partial charge in [0.15, 0.2) is 6.17 Å². The Balaban J connectivity index is 1.43. The Morgan fingerprint density at radius 1 is 1.37 bits per heavy atom. The van der Waals surface area contributed by atoms with Crippen LogP contribution in [-0.4, -0.2) is 63.7 Å². The molecule has 0 amide bonds. The smallest absolute Gasteiger partial charge is 0.157 e. The van der Waals surface area contributed by atoms with Gasteiger partial charge in [0.05, 0.1) is 18.4 Å². The summed E-state index contributed by atoms with van der Waals surface area (Å²) in [4.78, 5) is 0. The first-order valence-corrected chi connectivity index (χ1v) is 10.5. The van der Waals surface area contributed by atoms with Crippen molar-refractivity contribution in [2.24, 2.45) is 17.6 Å². The van der Waals surface area contributed by atoms with E-state index in [2.05, 4.69) is 38.4 Å². The molecule has 0 aromatic rings. The largest absolute Gasteiger partial charge is 0.377 e. The molecule has 7 nitrogen and oxygen atoms in total. The molecule has 1 saturated carbocycles. The fourth-order valence-electron chi connectivity index (χ4n) is 5.27. The number of nitrogens with one attached hydrogen (secondary N) is 5. The Morgan fingerprint density at radius 3 is 3.15 bits per heavy atom. The number of fused-ring (bicyclic) bond motifs is 1. The third-order valence-corrected chi connectivity index (χ3v) is 6.63. The van der Waals surface area contributed by atoms with Gasteiger partial charge in [0.1, 0.15) is 7.70 Å². The van der Waals surface area contributed by atoms with Crippen LogP contribution in [0.1, 0.15) is 32.1 Å². The van der Waals surface area contributed by atoms with Crippen molar-refractivity contribution in [1.29, 1.82) is 0 Å². The van der Waals surface area contributed by atoms with Gasteiger partial charge in [0.2, 0.25) is 0 Å². The highest BCUT2D eigenvalue weighted by atomic mass is 19.1. The van der Waals surface area contributed by atoms with Gasteiger partial charge in [-0.3, -0.25) is 16.0 Å². The monoisotopic (exact) mass is 383 g/mol. The lowest BCUT2D eigenvalue weighted by Crippen LogP contribution is -2.75. The highest BCUT2D eigenvalue weighted by Gasteiger charge is 2.44. The van der Waals surface area contributed by atoms with Crippen LogP contribution in [-0.2, 0) is 4.74 Å². The second-order valence-electron chi connectivity index (χ2n) is 8.37. The number of rotatable bonds is 5. The quantitative estimate of drug-likeness (QED) is 0.364. The third kappa shape index (κ3) is 4.37. The van der Waals surface area contributed by atoms with Gasteiger partial charge in [-0.25, -0.2) is 4.39 Å². The topological polar surface area (TPSA) is 95.4 Å². The maximum Gasteiger partial charge on any atom is 0.157 e. The number of halogens is 1. The SMILES string of the molecule is [2H]NC1NC(NC2CC3CCOC3C(C3=CCNCCC3)C2)NC(NC)C1F. The van der Waals surface area contributed by atoms with Crippen molar-refractivity contribution in [1.82, 2.24) is 26.6 Å². The van der Waals surface area contributed by atoms with E-state index < -0.39 is 18.5 Å². The summed E-state index contributed by atoms with van der Waals surface area (Å²) in [5.41, 5.74) is 3.84. The van der Waals surface area contributed by atoms with Crippen LogP contribution >= 0.6 is 0 Å². The Bertz CT molecular complexity index is 541. The zero-order valence-corrected chi connectivity index (χ0v) is 16.1. The molecule has 27 heavy (non-hydrogen) atoms. The fourth-order valence-corrected chi connectivity index (χ4v) is 5.27. The molecular weight excluding hydrogens is 347 g/mol. The summed E-state index contributed by atoms with van der Waals surface area (Å²) >= 11 is 0.